The monoisotopic (exact) mass is 507 g/mol. The molecule has 2 aromatic heterocycles. The van der Waals surface area contributed by atoms with Crippen LogP contribution in [0.1, 0.15) is 18.4 Å². The summed E-state index contributed by atoms with van der Waals surface area (Å²) in [5, 5.41) is 19.4. The number of benzene rings is 1. The lowest BCUT2D eigenvalue weighted by Crippen LogP contribution is -2.27. The van der Waals surface area contributed by atoms with E-state index in [1.54, 1.807) is 23.5 Å². The number of amides is 1. The summed E-state index contributed by atoms with van der Waals surface area (Å²) in [6.07, 6.45) is 2.77. The first-order valence-corrected chi connectivity index (χ1v) is 13.9. The molecular formula is C21H25N5O4S3. The van der Waals surface area contributed by atoms with Crippen molar-refractivity contribution < 1.29 is 17.9 Å². The van der Waals surface area contributed by atoms with E-state index >= 15 is 0 Å². The van der Waals surface area contributed by atoms with Gasteiger partial charge in [-0.15, -0.1) is 21.5 Å². The highest BCUT2D eigenvalue weighted by Gasteiger charge is 2.22. The molecule has 0 spiro atoms. The smallest absolute Gasteiger partial charge is 0.238 e. The lowest BCUT2D eigenvalue weighted by atomic mass is 10.1. The van der Waals surface area contributed by atoms with E-state index in [1.807, 2.05) is 22.1 Å². The number of nitrogens with zero attached hydrogens (tertiary/aromatic N) is 3. The molecule has 0 saturated carbocycles. The van der Waals surface area contributed by atoms with E-state index in [9.17, 15) is 13.2 Å². The van der Waals surface area contributed by atoms with Crippen molar-refractivity contribution in [1.82, 2.24) is 20.1 Å². The number of hydrogen-bond acceptors (Lipinski definition) is 8. The van der Waals surface area contributed by atoms with Crippen LogP contribution >= 0.6 is 23.1 Å². The van der Waals surface area contributed by atoms with Crippen molar-refractivity contribution in [2.24, 2.45) is 5.14 Å². The van der Waals surface area contributed by atoms with Crippen LogP contribution in [-0.4, -0.2) is 54.1 Å². The highest BCUT2D eigenvalue weighted by atomic mass is 32.2. The number of aromatic nitrogens is 3. The van der Waals surface area contributed by atoms with E-state index in [0.29, 0.717) is 24.7 Å². The number of hydrogen-bond donors (Lipinski definition) is 2. The van der Waals surface area contributed by atoms with Crippen molar-refractivity contribution in [3.8, 4) is 10.7 Å². The third-order valence-corrected chi connectivity index (χ3v) is 7.95. The first-order chi connectivity index (χ1) is 15.9. The van der Waals surface area contributed by atoms with E-state index in [2.05, 4.69) is 15.5 Å². The van der Waals surface area contributed by atoms with Crippen molar-refractivity contribution in [3.05, 3.63) is 47.3 Å². The van der Waals surface area contributed by atoms with Gasteiger partial charge in [-0.25, -0.2) is 13.6 Å². The molecule has 0 bridgehead atoms. The fourth-order valence-corrected chi connectivity index (χ4v) is 5.52. The average molecular weight is 508 g/mol. The van der Waals surface area contributed by atoms with Crippen LogP contribution in [0.5, 0.6) is 0 Å². The highest BCUT2D eigenvalue weighted by Crippen LogP contribution is 2.29. The van der Waals surface area contributed by atoms with Gasteiger partial charge in [0.2, 0.25) is 15.9 Å². The number of nitrogens with one attached hydrogen (secondary N) is 1. The summed E-state index contributed by atoms with van der Waals surface area (Å²) in [4.78, 5) is 13.5. The molecule has 3 heterocycles. The molecule has 0 aliphatic carbocycles. The fraction of sp³-hybridized carbons (Fsp3) is 0.381. The highest BCUT2D eigenvalue weighted by molar-refractivity contribution is 7.99. The minimum absolute atomic E-state index is 0.0701. The number of nitrogens with two attached hydrogens (primary N) is 1. The van der Waals surface area contributed by atoms with Crippen molar-refractivity contribution in [3.63, 3.8) is 0 Å². The Labute approximate surface area is 200 Å². The van der Waals surface area contributed by atoms with Gasteiger partial charge in [-0.3, -0.25) is 9.36 Å². The van der Waals surface area contributed by atoms with E-state index in [4.69, 9.17) is 9.88 Å². The average Bonchev–Trinajstić information content (AvgIpc) is 3.55. The molecule has 1 aromatic carbocycles. The molecule has 1 atom stereocenters. The molecule has 4 rings (SSSR count). The maximum Gasteiger partial charge on any atom is 0.238 e. The molecule has 1 fully saturated rings. The minimum atomic E-state index is -3.70. The van der Waals surface area contributed by atoms with Crippen LogP contribution in [-0.2, 0) is 32.5 Å². The molecule has 33 heavy (non-hydrogen) atoms. The number of primary sulfonamides is 1. The Kier molecular flexibility index (Phi) is 7.81. The van der Waals surface area contributed by atoms with Gasteiger partial charge < -0.3 is 10.1 Å². The molecule has 1 saturated heterocycles. The number of carbonyl (C=O) groups is 1. The van der Waals surface area contributed by atoms with Crippen LogP contribution in [0.15, 0.2) is 51.8 Å². The quantitative estimate of drug-likeness (QED) is 0.403. The van der Waals surface area contributed by atoms with Crippen LogP contribution in [0.25, 0.3) is 10.7 Å². The van der Waals surface area contributed by atoms with Crippen molar-refractivity contribution in [2.45, 2.75) is 42.0 Å². The SMILES string of the molecule is NS(=O)(=O)c1ccc(CCNC(=O)CSc2nnc(-c3cccs3)n2C[C@@H]2CCCO2)cc1. The third-order valence-electron chi connectivity index (χ3n) is 5.19. The maximum absolute atomic E-state index is 12.4. The van der Waals surface area contributed by atoms with Gasteiger partial charge >= 0.3 is 0 Å². The summed E-state index contributed by atoms with van der Waals surface area (Å²) < 4.78 is 30.5. The van der Waals surface area contributed by atoms with E-state index in [1.165, 1.54) is 23.9 Å². The zero-order chi connectivity index (χ0) is 23.3. The third kappa shape index (κ3) is 6.42. The first-order valence-electron chi connectivity index (χ1n) is 10.5. The second kappa shape index (κ2) is 10.8. The second-order valence-electron chi connectivity index (χ2n) is 7.61. The number of carbonyl (C=O) groups excluding carboxylic acids is 1. The van der Waals surface area contributed by atoms with E-state index < -0.39 is 10.0 Å². The molecular weight excluding hydrogens is 482 g/mol. The summed E-state index contributed by atoms with van der Waals surface area (Å²) in [7, 11) is -3.70. The van der Waals surface area contributed by atoms with Gasteiger partial charge in [0.1, 0.15) is 0 Å². The minimum Gasteiger partial charge on any atom is -0.376 e. The Morgan fingerprint density at radius 3 is 2.76 bits per heavy atom. The van der Waals surface area contributed by atoms with Crippen molar-refractivity contribution >= 4 is 39.0 Å². The van der Waals surface area contributed by atoms with Gasteiger partial charge in [-0.05, 0) is 48.4 Å². The van der Waals surface area contributed by atoms with Gasteiger partial charge in [-0.2, -0.15) is 0 Å². The molecule has 0 radical (unpaired) electrons. The van der Waals surface area contributed by atoms with Gasteiger partial charge in [0, 0.05) is 13.2 Å². The van der Waals surface area contributed by atoms with Crippen molar-refractivity contribution in [2.75, 3.05) is 18.9 Å². The molecule has 12 heteroatoms. The number of thioether (sulfide) groups is 1. The van der Waals surface area contributed by atoms with E-state index in [-0.39, 0.29) is 22.7 Å². The molecule has 3 N–H and O–H groups in total. The lowest BCUT2D eigenvalue weighted by Gasteiger charge is -2.14. The number of sulfonamides is 1. The zero-order valence-electron chi connectivity index (χ0n) is 17.8. The topological polar surface area (TPSA) is 129 Å². The van der Waals surface area contributed by atoms with Crippen LogP contribution < -0.4 is 10.5 Å². The molecule has 1 amide bonds. The molecule has 176 valence electrons. The van der Waals surface area contributed by atoms with E-state index in [0.717, 1.165) is 35.7 Å². The maximum atomic E-state index is 12.4. The van der Waals surface area contributed by atoms with Crippen LogP contribution in [0.3, 0.4) is 0 Å². The summed E-state index contributed by atoms with van der Waals surface area (Å²) in [6.45, 7) is 1.88. The Morgan fingerprint density at radius 2 is 2.09 bits per heavy atom. The molecule has 1 aliphatic heterocycles. The molecule has 1 aliphatic rings. The number of thiophene rings is 1. The Balaban J connectivity index is 1.31. The van der Waals surface area contributed by atoms with Crippen molar-refractivity contribution in [1.29, 1.82) is 0 Å². The summed E-state index contributed by atoms with van der Waals surface area (Å²) >= 11 is 2.96. The predicted octanol–water partition coefficient (Wildman–Crippen LogP) is 2.28. The summed E-state index contributed by atoms with van der Waals surface area (Å²) in [5.74, 6) is 0.912. The largest absolute Gasteiger partial charge is 0.376 e. The normalized spacial score (nSPS) is 16.2. The Morgan fingerprint density at radius 1 is 1.27 bits per heavy atom. The fourth-order valence-electron chi connectivity index (χ4n) is 3.51. The number of rotatable bonds is 10. The zero-order valence-corrected chi connectivity index (χ0v) is 20.3. The molecule has 3 aromatic rings. The van der Waals surface area contributed by atoms with Crippen LogP contribution in [0.2, 0.25) is 0 Å². The second-order valence-corrected chi connectivity index (χ2v) is 11.1. The van der Waals surface area contributed by atoms with Crippen LogP contribution in [0, 0.1) is 0 Å². The Bertz CT molecular complexity index is 1170. The van der Waals surface area contributed by atoms with Gasteiger partial charge in [0.25, 0.3) is 0 Å². The predicted molar refractivity (Wildman–Crippen MR) is 128 cm³/mol. The Hall–Kier alpha value is -2.25. The lowest BCUT2D eigenvalue weighted by molar-refractivity contribution is -0.118. The van der Waals surface area contributed by atoms with Crippen LogP contribution in [0.4, 0.5) is 0 Å². The number of ether oxygens (including phenoxy) is 1. The standard InChI is InChI=1S/C21H25N5O4S3/c22-33(28,29)17-7-5-15(6-8-17)9-10-23-19(27)14-32-21-25-24-20(18-4-2-12-31-18)26(21)13-16-3-1-11-30-16/h2,4-8,12,16H,1,3,9-11,13-14H2,(H,23,27)(H2,22,28,29)/t16-/m0/s1. The molecule has 0 unspecified atom stereocenters. The molecule has 9 nitrogen and oxygen atoms in total. The van der Waals surface area contributed by atoms with Gasteiger partial charge in [0.05, 0.1) is 28.2 Å². The summed E-state index contributed by atoms with van der Waals surface area (Å²) in [6, 6.07) is 10.3. The van der Waals surface area contributed by atoms with Gasteiger partial charge in [-0.1, -0.05) is 30.0 Å². The summed E-state index contributed by atoms with van der Waals surface area (Å²) in [5.41, 5.74) is 0.909. The van der Waals surface area contributed by atoms with Gasteiger partial charge in [0.15, 0.2) is 11.0 Å². The first kappa shape index (κ1) is 23.9.